The zero-order valence-electron chi connectivity index (χ0n) is 8.29. The Kier molecular flexibility index (Phi) is 3.72. The first-order valence-corrected chi connectivity index (χ1v) is 5.82. The van der Waals surface area contributed by atoms with Crippen molar-refractivity contribution in [1.82, 2.24) is 0 Å². The van der Waals surface area contributed by atoms with Gasteiger partial charge >= 0.3 is 0 Å². The summed E-state index contributed by atoms with van der Waals surface area (Å²) in [4.78, 5) is 0. The van der Waals surface area contributed by atoms with Crippen molar-refractivity contribution in [2.24, 2.45) is 10.6 Å². The van der Waals surface area contributed by atoms with Crippen LogP contribution in [0, 0.1) is 5.41 Å². The van der Waals surface area contributed by atoms with E-state index in [1.165, 1.54) is 0 Å². The summed E-state index contributed by atoms with van der Waals surface area (Å²) >= 11 is 0. The smallest absolute Gasteiger partial charge is 0.212 e. The molecule has 0 bridgehead atoms. The lowest BCUT2D eigenvalue weighted by Gasteiger charge is -2.28. The van der Waals surface area contributed by atoms with Gasteiger partial charge in [0.05, 0.1) is 5.25 Å². The van der Waals surface area contributed by atoms with Gasteiger partial charge in [-0.3, -0.25) is 0 Å². The lowest BCUT2D eigenvalue weighted by atomic mass is 9.89. The van der Waals surface area contributed by atoms with E-state index < -0.39 is 15.3 Å². The average Bonchev–Trinajstić information content (AvgIpc) is 1.77. The molecule has 0 aromatic carbocycles. The Morgan fingerprint density at radius 3 is 1.83 bits per heavy atom. The van der Waals surface area contributed by atoms with Gasteiger partial charge in [-0.2, -0.15) is 0 Å². The highest BCUT2D eigenvalue weighted by atomic mass is 32.2. The molecular weight excluding hydrogens is 174 g/mol. The first-order chi connectivity index (χ1) is 5.19. The monoisotopic (exact) mass is 193 g/mol. The molecule has 0 saturated heterocycles. The fourth-order valence-electron chi connectivity index (χ4n) is 1.35. The zero-order valence-corrected chi connectivity index (χ0v) is 9.11. The quantitative estimate of drug-likeness (QED) is 0.738. The molecule has 4 heteroatoms. The number of hydrogen-bond acceptors (Lipinski definition) is 2. The second-order valence-electron chi connectivity index (χ2n) is 4.23. The summed E-state index contributed by atoms with van der Waals surface area (Å²) < 4.78 is 22.3. The van der Waals surface area contributed by atoms with Crippen molar-refractivity contribution in [1.29, 1.82) is 0 Å². The molecule has 74 valence electrons. The molecule has 0 aliphatic rings. The van der Waals surface area contributed by atoms with Gasteiger partial charge in [-0.25, -0.2) is 13.6 Å². The van der Waals surface area contributed by atoms with Crippen LogP contribution in [0.2, 0.25) is 0 Å². The Balaban J connectivity index is 4.70. The van der Waals surface area contributed by atoms with Gasteiger partial charge in [-0.1, -0.05) is 34.1 Å². The van der Waals surface area contributed by atoms with Gasteiger partial charge in [0, 0.05) is 0 Å². The number of sulfonamides is 1. The Morgan fingerprint density at radius 1 is 1.33 bits per heavy atom. The first kappa shape index (κ1) is 11.9. The van der Waals surface area contributed by atoms with Crippen molar-refractivity contribution < 1.29 is 8.42 Å². The summed E-state index contributed by atoms with van der Waals surface area (Å²) in [6.45, 7) is 7.66. The van der Waals surface area contributed by atoms with E-state index in [-0.39, 0.29) is 5.41 Å². The van der Waals surface area contributed by atoms with Gasteiger partial charge in [-0.15, -0.1) is 0 Å². The molecular formula is C8H19NO2S. The number of nitrogens with two attached hydrogens (primary N) is 1. The van der Waals surface area contributed by atoms with E-state index in [1.807, 2.05) is 27.7 Å². The molecule has 0 radical (unpaired) electrons. The highest BCUT2D eigenvalue weighted by molar-refractivity contribution is 7.89. The molecule has 1 atom stereocenters. The molecule has 12 heavy (non-hydrogen) atoms. The van der Waals surface area contributed by atoms with Gasteiger partial charge in [0.15, 0.2) is 0 Å². The van der Waals surface area contributed by atoms with Crippen molar-refractivity contribution in [3.8, 4) is 0 Å². The van der Waals surface area contributed by atoms with Crippen LogP contribution < -0.4 is 5.14 Å². The van der Waals surface area contributed by atoms with Gasteiger partial charge in [0.25, 0.3) is 0 Å². The molecule has 1 unspecified atom stereocenters. The summed E-state index contributed by atoms with van der Waals surface area (Å²) in [5, 5.41) is 4.70. The van der Waals surface area contributed by atoms with Gasteiger partial charge in [0.1, 0.15) is 0 Å². The molecule has 0 spiro atoms. The zero-order chi connectivity index (χ0) is 9.99. The Bertz CT molecular complexity index is 226. The minimum absolute atomic E-state index is 0.260. The van der Waals surface area contributed by atoms with Crippen LogP contribution in [0.25, 0.3) is 0 Å². The lowest BCUT2D eigenvalue weighted by Crippen LogP contribution is -2.38. The normalized spacial score (nSPS) is 16.1. The minimum Gasteiger partial charge on any atom is -0.228 e. The van der Waals surface area contributed by atoms with Crippen molar-refractivity contribution in [2.75, 3.05) is 0 Å². The van der Waals surface area contributed by atoms with Crippen molar-refractivity contribution in [3.63, 3.8) is 0 Å². The standard InChI is InChI=1S/C8H19NO2S/c1-5-6-7(8(2,3)4)12(9,10)11/h7H,5-6H2,1-4H3,(H2,9,10,11). The maximum Gasteiger partial charge on any atom is 0.212 e. The molecule has 0 fully saturated rings. The molecule has 0 heterocycles. The van der Waals surface area contributed by atoms with E-state index in [2.05, 4.69) is 0 Å². The van der Waals surface area contributed by atoms with Crippen LogP contribution in [0.15, 0.2) is 0 Å². The molecule has 0 aromatic rings. The third kappa shape index (κ3) is 3.54. The molecule has 0 amide bonds. The minimum atomic E-state index is -3.38. The van der Waals surface area contributed by atoms with E-state index in [9.17, 15) is 8.42 Å². The molecule has 0 aliphatic heterocycles. The van der Waals surface area contributed by atoms with E-state index in [4.69, 9.17) is 5.14 Å². The maximum absolute atomic E-state index is 11.1. The molecule has 2 N–H and O–H groups in total. The summed E-state index contributed by atoms with van der Waals surface area (Å²) in [5.41, 5.74) is -0.260. The molecule has 0 saturated carbocycles. The highest BCUT2D eigenvalue weighted by Crippen LogP contribution is 2.27. The summed E-state index contributed by atoms with van der Waals surface area (Å²) in [7, 11) is -3.38. The van der Waals surface area contributed by atoms with E-state index in [0.717, 1.165) is 6.42 Å². The predicted octanol–water partition coefficient (Wildman–Crippen LogP) is 1.49. The van der Waals surface area contributed by atoms with Crippen LogP contribution in [-0.4, -0.2) is 13.7 Å². The molecule has 0 aliphatic carbocycles. The highest BCUT2D eigenvalue weighted by Gasteiger charge is 2.32. The number of primary sulfonamides is 1. The fourth-order valence-corrected chi connectivity index (χ4v) is 2.90. The van der Waals surface area contributed by atoms with Crippen molar-refractivity contribution in [3.05, 3.63) is 0 Å². The van der Waals surface area contributed by atoms with E-state index in [1.54, 1.807) is 0 Å². The van der Waals surface area contributed by atoms with Crippen LogP contribution in [0.1, 0.15) is 40.5 Å². The van der Waals surface area contributed by atoms with Gasteiger partial charge in [0.2, 0.25) is 10.0 Å². The van der Waals surface area contributed by atoms with E-state index in [0.29, 0.717) is 6.42 Å². The van der Waals surface area contributed by atoms with Gasteiger partial charge in [-0.05, 0) is 11.8 Å². The first-order valence-electron chi connectivity index (χ1n) is 4.21. The van der Waals surface area contributed by atoms with Crippen LogP contribution in [0.4, 0.5) is 0 Å². The van der Waals surface area contributed by atoms with Crippen molar-refractivity contribution in [2.45, 2.75) is 45.8 Å². The number of hydrogen-bond donors (Lipinski definition) is 1. The van der Waals surface area contributed by atoms with Crippen molar-refractivity contribution >= 4 is 10.0 Å². The third-order valence-corrected chi connectivity index (χ3v) is 3.65. The Morgan fingerprint density at radius 2 is 1.75 bits per heavy atom. The second-order valence-corrected chi connectivity index (χ2v) is 5.98. The van der Waals surface area contributed by atoms with Crippen LogP contribution in [0.5, 0.6) is 0 Å². The topological polar surface area (TPSA) is 60.2 Å². The summed E-state index contributed by atoms with van der Waals surface area (Å²) in [5.74, 6) is 0. The summed E-state index contributed by atoms with van der Waals surface area (Å²) in [6.07, 6.45) is 1.49. The lowest BCUT2D eigenvalue weighted by molar-refractivity contribution is 0.361. The Hall–Kier alpha value is -0.0900. The average molecular weight is 193 g/mol. The fraction of sp³-hybridized carbons (Fsp3) is 1.00. The Labute approximate surface area is 75.4 Å². The van der Waals surface area contributed by atoms with Crippen LogP contribution >= 0.6 is 0 Å². The van der Waals surface area contributed by atoms with Gasteiger partial charge < -0.3 is 0 Å². The second kappa shape index (κ2) is 3.75. The largest absolute Gasteiger partial charge is 0.228 e. The van der Waals surface area contributed by atoms with Crippen LogP contribution in [0.3, 0.4) is 0 Å². The summed E-state index contributed by atoms with van der Waals surface area (Å²) in [6, 6.07) is 0. The third-order valence-electron chi connectivity index (χ3n) is 1.91. The van der Waals surface area contributed by atoms with Crippen LogP contribution in [-0.2, 0) is 10.0 Å². The molecule has 3 nitrogen and oxygen atoms in total. The SMILES string of the molecule is CCCC(C(C)(C)C)S(N)(=O)=O. The predicted molar refractivity (Wildman–Crippen MR) is 51.3 cm³/mol. The number of rotatable bonds is 3. The maximum atomic E-state index is 11.1. The molecule has 0 aromatic heterocycles. The molecule has 0 rings (SSSR count). The van der Waals surface area contributed by atoms with E-state index >= 15 is 0 Å².